The lowest BCUT2D eigenvalue weighted by Gasteiger charge is -2.43. The SMILES string of the molecule is CC(NC(=O)N1C(=O)[C@H](Cc2ccnc(N)c2)[C@H]1C(=O)O)c1ccc(OC(F)(F)F)cc1. The number of rotatable bonds is 6. The Morgan fingerprint density at radius 3 is 2.50 bits per heavy atom. The van der Waals surface area contributed by atoms with Crippen LogP contribution in [-0.4, -0.2) is 45.3 Å². The van der Waals surface area contributed by atoms with Gasteiger partial charge in [0.25, 0.3) is 0 Å². The summed E-state index contributed by atoms with van der Waals surface area (Å²) in [7, 11) is 0. The van der Waals surface area contributed by atoms with E-state index in [-0.39, 0.29) is 12.2 Å². The summed E-state index contributed by atoms with van der Waals surface area (Å²) in [5, 5.41) is 12.0. The minimum atomic E-state index is -4.83. The molecule has 4 N–H and O–H groups in total. The van der Waals surface area contributed by atoms with Gasteiger partial charge in [0.15, 0.2) is 6.04 Å². The average molecular weight is 452 g/mol. The van der Waals surface area contributed by atoms with Gasteiger partial charge in [-0.25, -0.2) is 19.5 Å². The molecule has 0 aliphatic carbocycles. The number of nitrogens with one attached hydrogen (secondary N) is 1. The monoisotopic (exact) mass is 452 g/mol. The van der Waals surface area contributed by atoms with Crippen LogP contribution in [0.2, 0.25) is 0 Å². The zero-order valence-corrected chi connectivity index (χ0v) is 16.7. The maximum absolute atomic E-state index is 12.6. The molecule has 1 aromatic carbocycles. The molecule has 0 bridgehead atoms. The van der Waals surface area contributed by atoms with E-state index in [1.54, 1.807) is 6.07 Å². The number of halogens is 3. The van der Waals surface area contributed by atoms with Crippen LogP contribution in [0.5, 0.6) is 5.75 Å². The van der Waals surface area contributed by atoms with E-state index >= 15 is 0 Å². The third-order valence-electron chi connectivity index (χ3n) is 4.94. The summed E-state index contributed by atoms with van der Waals surface area (Å²) >= 11 is 0. The minimum absolute atomic E-state index is 0.0719. The van der Waals surface area contributed by atoms with Crippen LogP contribution < -0.4 is 15.8 Å². The Bertz CT molecular complexity index is 1030. The topological polar surface area (TPSA) is 135 Å². The fraction of sp³-hybridized carbons (Fsp3) is 0.300. The van der Waals surface area contributed by atoms with Crippen molar-refractivity contribution in [2.75, 3.05) is 5.73 Å². The maximum Gasteiger partial charge on any atom is 0.573 e. The maximum atomic E-state index is 12.6. The fourth-order valence-electron chi connectivity index (χ4n) is 3.43. The number of imide groups is 1. The molecular weight excluding hydrogens is 433 g/mol. The van der Waals surface area contributed by atoms with Crippen molar-refractivity contribution in [3.63, 3.8) is 0 Å². The van der Waals surface area contributed by atoms with Crippen LogP contribution in [0, 0.1) is 5.92 Å². The van der Waals surface area contributed by atoms with Crippen molar-refractivity contribution >= 4 is 23.7 Å². The predicted molar refractivity (Wildman–Crippen MR) is 104 cm³/mol. The number of nitrogen functional groups attached to an aromatic ring is 1. The Morgan fingerprint density at radius 2 is 1.94 bits per heavy atom. The van der Waals surface area contributed by atoms with E-state index in [9.17, 15) is 32.7 Å². The molecule has 3 atom stereocenters. The van der Waals surface area contributed by atoms with Gasteiger partial charge in [0.1, 0.15) is 11.6 Å². The second kappa shape index (κ2) is 8.73. The van der Waals surface area contributed by atoms with E-state index in [0.29, 0.717) is 16.0 Å². The van der Waals surface area contributed by atoms with E-state index < -0.39 is 48.0 Å². The van der Waals surface area contributed by atoms with Crippen LogP contribution in [0.25, 0.3) is 0 Å². The highest BCUT2D eigenvalue weighted by Gasteiger charge is 2.54. The highest BCUT2D eigenvalue weighted by atomic mass is 19.4. The molecule has 1 aliphatic rings. The van der Waals surface area contributed by atoms with Gasteiger partial charge in [-0.1, -0.05) is 12.1 Å². The first-order chi connectivity index (χ1) is 15.0. The van der Waals surface area contributed by atoms with Gasteiger partial charge in [-0.2, -0.15) is 0 Å². The molecule has 12 heteroatoms. The lowest BCUT2D eigenvalue weighted by molar-refractivity contribution is -0.274. The van der Waals surface area contributed by atoms with Crippen LogP contribution in [0.1, 0.15) is 24.1 Å². The van der Waals surface area contributed by atoms with Gasteiger partial charge in [-0.15, -0.1) is 13.2 Å². The number of hydrogen-bond donors (Lipinski definition) is 3. The van der Waals surface area contributed by atoms with Gasteiger partial charge < -0.3 is 20.9 Å². The van der Waals surface area contributed by atoms with Gasteiger partial charge >= 0.3 is 18.4 Å². The van der Waals surface area contributed by atoms with Crippen LogP contribution in [-0.2, 0) is 16.0 Å². The van der Waals surface area contributed by atoms with Gasteiger partial charge in [0.05, 0.1) is 12.0 Å². The molecule has 32 heavy (non-hydrogen) atoms. The lowest BCUT2D eigenvalue weighted by atomic mass is 9.82. The molecule has 1 aromatic heterocycles. The number of β-lactam (4-membered cyclic amide) rings is 1. The number of carbonyl (C=O) groups excluding carboxylic acids is 2. The van der Waals surface area contributed by atoms with Gasteiger partial charge in [0.2, 0.25) is 5.91 Å². The Morgan fingerprint density at radius 1 is 1.28 bits per heavy atom. The number of amides is 3. The normalized spacial score (nSPS) is 19.1. The summed E-state index contributed by atoms with van der Waals surface area (Å²) < 4.78 is 40.6. The molecule has 1 aliphatic heterocycles. The largest absolute Gasteiger partial charge is 0.573 e. The van der Waals surface area contributed by atoms with Crippen LogP contribution in [0.15, 0.2) is 42.6 Å². The number of carbonyl (C=O) groups is 3. The van der Waals surface area contributed by atoms with Crippen molar-refractivity contribution in [1.29, 1.82) is 0 Å². The quantitative estimate of drug-likeness (QED) is 0.573. The first-order valence-electron chi connectivity index (χ1n) is 9.38. The molecule has 0 spiro atoms. The number of nitrogens with two attached hydrogens (primary N) is 1. The van der Waals surface area contributed by atoms with Gasteiger partial charge in [0, 0.05) is 6.20 Å². The standard InChI is InChI=1S/C20H19F3N4O5/c1-10(12-2-4-13(5-3-12)32-20(21,22)23)26-19(31)27-16(18(29)30)14(17(27)28)8-11-6-7-25-15(24)9-11/h2-7,9-10,14,16H,8H2,1H3,(H2,24,25)(H,26,31)(H,29,30)/t10?,14-,16+/m1/s1. The summed E-state index contributed by atoms with van der Waals surface area (Å²) in [5.41, 5.74) is 6.63. The number of benzene rings is 1. The van der Waals surface area contributed by atoms with Crippen molar-refractivity contribution < 1.29 is 37.4 Å². The van der Waals surface area contributed by atoms with E-state index in [1.165, 1.54) is 31.3 Å². The molecule has 9 nitrogen and oxygen atoms in total. The van der Waals surface area contributed by atoms with Crippen LogP contribution >= 0.6 is 0 Å². The molecule has 0 radical (unpaired) electrons. The fourth-order valence-corrected chi connectivity index (χ4v) is 3.43. The number of carboxylic acids is 1. The molecule has 1 saturated heterocycles. The van der Waals surface area contributed by atoms with E-state index in [0.717, 1.165) is 12.1 Å². The van der Waals surface area contributed by atoms with E-state index in [4.69, 9.17) is 5.73 Å². The molecule has 2 aromatic rings. The smallest absolute Gasteiger partial charge is 0.480 e. The lowest BCUT2D eigenvalue weighted by Crippen LogP contribution is -2.68. The summed E-state index contributed by atoms with van der Waals surface area (Å²) in [6.07, 6.45) is -3.33. The van der Waals surface area contributed by atoms with Crippen LogP contribution in [0.3, 0.4) is 0 Å². The summed E-state index contributed by atoms with van der Waals surface area (Å²) in [5.74, 6) is -3.16. The second-order valence-corrected chi connectivity index (χ2v) is 7.18. The minimum Gasteiger partial charge on any atom is -0.480 e. The molecular formula is C20H19F3N4O5. The zero-order valence-electron chi connectivity index (χ0n) is 16.7. The molecule has 2 heterocycles. The van der Waals surface area contributed by atoms with Crippen molar-refractivity contribution in [2.45, 2.75) is 31.8 Å². The number of carboxylic acid groups (broad SMARTS) is 1. The number of aromatic nitrogens is 1. The molecule has 170 valence electrons. The second-order valence-electron chi connectivity index (χ2n) is 7.18. The number of urea groups is 1. The number of aliphatic carboxylic acids is 1. The van der Waals surface area contributed by atoms with Crippen molar-refractivity contribution in [2.24, 2.45) is 5.92 Å². The molecule has 3 amide bonds. The van der Waals surface area contributed by atoms with Crippen molar-refractivity contribution in [3.05, 3.63) is 53.7 Å². The number of anilines is 1. The Kier molecular flexibility index (Phi) is 6.23. The van der Waals surface area contributed by atoms with Gasteiger partial charge in [-0.05, 0) is 48.7 Å². The third kappa shape index (κ3) is 5.07. The first kappa shape index (κ1) is 22.8. The van der Waals surface area contributed by atoms with Crippen molar-refractivity contribution in [3.8, 4) is 5.75 Å². The van der Waals surface area contributed by atoms with Crippen molar-refractivity contribution in [1.82, 2.24) is 15.2 Å². The number of nitrogens with zero attached hydrogens (tertiary/aromatic N) is 2. The summed E-state index contributed by atoms with van der Waals surface area (Å²) in [4.78, 5) is 41.3. The van der Waals surface area contributed by atoms with E-state index in [2.05, 4.69) is 15.0 Å². The Balaban J connectivity index is 1.66. The average Bonchev–Trinajstić information content (AvgIpc) is 2.68. The molecule has 1 fully saturated rings. The number of likely N-dealkylation sites (tertiary alicyclic amines) is 1. The molecule has 1 unspecified atom stereocenters. The zero-order chi connectivity index (χ0) is 23.6. The number of pyridine rings is 1. The first-order valence-corrected chi connectivity index (χ1v) is 9.38. The highest BCUT2D eigenvalue weighted by molar-refractivity contribution is 6.07. The number of ether oxygens (including phenoxy) is 1. The van der Waals surface area contributed by atoms with E-state index in [1.807, 2.05) is 0 Å². The van der Waals surface area contributed by atoms with Gasteiger partial charge in [-0.3, -0.25) is 4.79 Å². The Hall–Kier alpha value is -3.83. The summed E-state index contributed by atoms with van der Waals surface area (Å²) in [6.45, 7) is 1.54. The molecule has 3 rings (SSSR count). The highest BCUT2D eigenvalue weighted by Crippen LogP contribution is 2.31. The number of alkyl halides is 3. The van der Waals surface area contributed by atoms with Crippen LogP contribution in [0.4, 0.5) is 23.8 Å². The molecule has 0 saturated carbocycles. The third-order valence-corrected chi connectivity index (χ3v) is 4.94. The predicted octanol–water partition coefficient (Wildman–Crippen LogP) is 2.49. The summed E-state index contributed by atoms with van der Waals surface area (Å²) in [6, 6.07) is 4.90. The Labute approximate surface area is 180 Å². The number of hydrogen-bond acceptors (Lipinski definition) is 6.